The third-order valence-corrected chi connectivity index (χ3v) is 3.62. The quantitative estimate of drug-likeness (QED) is 0.857. The van der Waals surface area contributed by atoms with Gasteiger partial charge >= 0.3 is 6.18 Å². The lowest BCUT2D eigenvalue weighted by molar-refractivity contribution is -0.196. The number of methoxy groups -OCH3 is 1. The molecule has 0 radical (unpaired) electrons. The van der Waals surface area contributed by atoms with E-state index in [0.29, 0.717) is 24.3 Å². The summed E-state index contributed by atoms with van der Waals surface area (Å²) < 4.78 is 49.3. The predicted molar refractivity (Wildman–Crippen MR) is 73.9 cm³/mol. The molecule has 4 nitrogen and oxygen atoms in total. The Bertz CT molecular complexity index is 519. The van der Waals surface area contributed by atoms with Gasteiger partial charge < -0.3 is 14.4 Å². The molecule has 1 fully saturated rings. The van der Waals surface area contributed by atoms with Gasteiger partial charge in [-0.1, -0.05) is 12.1 Å². The number of halogens is 3. The van der Waals surface area contributed by atoms with Gasteiger partial charge in [-0.2, -0.15) is 13.2 Å². The molecule has 1 heterocycles. The van der Waals surface area contributed by atoms with Gasteiger partial charge in [-0.15, -0.1) is 0 Å². The molecule has 1 unspecified atom stereocenters. The first-order valence-corrected chi connectivity index (χ1v) is 7.05. The zero-order valence-corrected chi connectivity index (χ0v) is 12.2. The molecule has 1 amide bonds. The molecule has 0 saturated carbocycles. The van der Waals surface area contributed by atoms with Crippen LogP contribution in [0.1, 0.15) is 19.3 Å². The summed E-state index contributed by atoms with van der Waals surface area (Å²) in [6.07, 6.45) is -3.40. The van der Waals surface area contributed by atoms with Crippen molar-refractivity contribution in [3.8, 4) is 11.5 Å². The summed E-state index contributed by atoms with van der Waals surface area (Å²) in [5.74, 6) is 0.105. The Morgan fingerprint density at radius 1 is 1.27 bits per heavy atom. The monoisotopic (exact) mass is 317 g/mol. The average Bonchev–Trinajstić information content (AvgIpc) is 2.52. The Hall–Kier alpha value is -1.92. The van der Waals surface area contributed by atoms with Gasteiger partial charge in [0.1, 0.15) is 6.04 Å². The average molecular weight is 317 g/mol. The number of ether oxygens (including phenoxy) is 2. The molecule has 0 aromatic heterocycles. The minimum Gasteiger partial charge on any atom is -0.493 e. The third-order valence-electron chi connectivity index (χ3n) is 3.62. The topological polar surface area (TPSA) is 38.8 Å². The first-order chi connectivity index (χ1) is 10.4. The maximum atomic E-state index is 13.0. The van der Waals surface area contributed by atoms with Gasteiger partial charge in [0.15, 0.2) is 18.1 Å². The lowest BCUT2D eigenvalue weighted by atomic mass is 10.0. The SMILES string of the molecule is COc1ccccc1OCC(=O)N1CCCCC1C(F)(F)F. The van der Waals surface area contributed by atoms with Gasteiger partial charge in [-0.05, 0) is 31.4 Å². The van der Waals surface area contributed by atoms with Gasteiger partial charge in [0.2, 0.25) is 0 Å². The summed E-state index contributed by atoms with van der Waals surface area (Å²) >= 11 is 0. The molecule has 122 valence electrons. The number of carbonyl (C=O) groups excluding carboxylic acids is 1. The van der Waals surface area contributed by atoms with Crippen LogP contribution in [0.25, 0.3) is 0 Å². The van der Waals surface area contributed by atoms with E-state index in [2.05, 4.69) is 0 Å². The molecule has 2 rings (SSSR count). The van der Waals surface area contributed by atoms with Gasteiger partial charge in [0, 0.05) is 6.54 Å². The third kappa shape index (κ3) is 3.84. The fourth-order valence-corrected chi connectivity index (χ4v) is 2.53. The van der Waals surface area contributed by atoms with Crippen molar-refractivity contribution in [2.75, 3.05) is 20.3 Å². The highest BCUT2D eigenvalue weighted by Gasteiger charge is 2.46. The summed E-state index contributed by atoms with van der Waals surface area (Å²) in [5.41, 5.74) is 0. The van der Waals surface area contributed by atoms with Gasteiger partial charge in [0.05, 0.1) is 7.11 Å². The Morgan fingerprint density at radius 2 is 1.95 bits per heavy atom. The summed E-state index contributed by atoms with van der Waals surface area (Å²) in [6.45, 7) is -0.328. The highest BCUT2D eigenvalue weighted by Crippen LogP contribution is 2.32. The molecular weight excluding hydrogens is 299 g/mol. The second-order valence-electron chi connectivity index (χ2n) is 5.08. The van der Waals surface area contributed by atoms with E-state index in [0.717, 1.165) is 4.90 Å². The van der Waals surface area contributed by atoms with Gasteiger partial charge in [-0.3, -0.25) is 4.79 Å². The lowest BCUT2D eigenvalue weighted by Gasteiger charge is -2.36. The molecule has 1 aliphatic rings. The van der Waals surface area contributed by atoms with Crippen LogP contribution in [0.3, 0.4) is 0 Å². The standard InChI is InChI=1S/C15H18F3NO3/c1-21-11-6-2-3-7-12(11)22-10-14(20)19-9-5-4-8-13(19)15(16,17)18/h2-3,6-7,13H,4-5,8-10H2,1H3. The van der Waals surface area contributed by atoms with Gasteiger partial charge in [0.25, 0.3) is 5.91 Å². The second-order valence-corrected chi connectivity index (χ2v) is 5.08. The second kappa shape index (κ2) is 6.89. The predicted octanol–water partition coefficient (Wildman–Crippen LogP) is 3.02. The molecule has 22 heavy (non-hydrogen) atoms. The van der Waals surface area contributed by atoms with Crippen LogP contribution in [0.5, 0.6) is 11.5 Å². The van der Waals surface area contributed by atoms with Crippen molar-refractivity contribution in [3.05, 3.63) is 24.3 Å². The number of rotatable bonds is 4. The van der Waals surface area contributed by atoms with E-state index in [1.165, 1.54) is 7.11 Å². The number of carbonyl (C=O) groups is 1. The number of nitrogens with zero attached hydrogens (tertiary/aromatic N) is 1. The van der Waals surface area contributed by atoms with Gasteiger partial charge in [-0.25, -0.2) is 0 Å². The fraction of sp³-hybridized carbons (Fsp3) is 0.533. The number of piperidine rings is 1. The van der Waals surface area contributed by atoms with Crippen molar-refractivity contribution in [1.82, 2.24) is 4.90 Å². The molecule has 7 heteroatoms. The zero-order chi connectivity index (χ0) is 16.2. The van der Waals surface area contributed by atoms with Crippen molar-refractivity contribution in [3.63, 3.8) is 0 Å². The summed E-state index contributed by atoms with van der Waals surface area (Å²) in [4.78, 5) is 13.0. The number of hydrogen-bond donors (Lipinski definition) is 0. The Balaban J connectivity index is 2.01. The van der Waals surface area contributed by atoms with Crippen LogP contribution in [0, 0.1) is 0 Å². The Kier molecular flexibility index (Phi) is 5.15. The van der Waals surface area contributed by atoms with Crippen LogP contribution in [0.2, 0.25) is 0 Å². The van der Waals surface area contributed by atoms with E-state index in [1.54, 1.807) is 24.3 Å². The first kappa shape index (κ1) is 16.5. The largest absolute Gasteiger partial charge is 0.493 e. The highest BCUT2D eigenvalue weighted by molar-refractivity contribution is 5.78. The Morgan fingerprint density at radius 3 is 2.59 bits per heavy atom. The number of amides is 1. The molecular formula is C15H18F3NO3. The number of para-hydroxylation sites is 2. The van der Waals surface area contributed by atoms with E-state index >= 15 is 0 Å². The van der Waals surface area contributed by atoms with Crippen molar-refractivity contribution >= 4 is 5.91 Å². The van der Waals surface area contributed by atoms with Crippen LogP contribution < -0.4 is 9.47 Å². The highest BCUT2D eigenvalue weighted by atomic mass is 19.4. The van der Waals surface area contributed by atoms with Crippen LogP contribution in [0.4, 0.5) is 13.2 Å². The van der Waals surface area contributed by atoms with E-state index in [1.807, 2.05) is 0 Å². The molecule has 1 saturated heterocycles. The number of alkyl halides is 3. The summed E-state index contributed by atoms with van der Waals surface area (Å²) in [7, 11) is 1.45. The summed E-state index contributed by atoms with van der Waals surface area (Å²) in [5, 5.41) is 0. The zero-order valence-electron chi connectivity index (χ0n) is 12.2. The molecule has 1 atom stereocenters. The van der Waals surface area contributed by atoms with E-state index in [9.17, 15) is 18.0 Å². The fourth-order valence-electron chi connectivity index (χ4n) is 2.53. The maximum Gasteiger partial charge on any atom is 0.408 e. The van der Waals surface area contributed by atoms with Crippen LogP contribution in [-0.4, -0.2) is 43.3 Å². The Labute approximate surface area is 126 Å². The van der Waals surface area contributed by atoms with Crippen LogP contribution >= 0.6 is 0 Å². The minimum atomic E-state index is -4.40. The smallest absolute Gasteiger partial charge is 0.408 e. The molecule has 1 aromatic carbocycles. The number of likely N-dealkylation sites (tertiary alicyclic amines) is 1. The minimum absolute atomic E-state index is 0.0517. The van der Waals surface area contributed by atoms with Crippen molar-refractivity contribution in [2.45, 2.75) is 31.5 Å². The maximum absolute atomic E-state index is 13.0. The molecule has 1 aliphatic heterocycles. The van der Waals surface area contributed by atoms with Crippen molar-refractivity contribution in [1.29, 1.82) is 0 Å². The van der Waals surface area contributed by atoms with E-state index in [4.69, 9.17) is 9.47 Å². The molecule has 0 N–H and O–H groups in total. The number of benzene rings is 1. The normalized spacial score (nSPS) is 18.9. The molecule has 0 spiro atoms. The van der Waals surface area contributed by atoms with Crippen LogP contribution in [-0.2, 0) is 4.79 Å². The van der Waals surface area contributed by atoms with Crippen molar-refractivity contribution in [2.24, 2.45) is 0 Å². The van der Waals surface area contributed by atoms with E-state index in [-0.39, 0.29) is 13.0 Å². The first-order valence-electron chi connectivity index (χ1n) is 7.05. The summed E-state index contributed by atoms with van der Waals surface area (Å²) in [6, 6.07) is 4.97. The molecule has 1 aromatic rings. The van der Waals surface area contributed by atoms with Crippen LogP contribution in [0.15, 0.2) is 24.3 Å². The van der Waals surface area contributed by atoms with E-state index < -0.39 is 24.7 Å². The molecule has 0 bridgehead atoms. The number of hydrogen-bond acceptors (Lipinski definition) is 3. The lowest BCUT2D eigenvalue weighted by Crippen LogP contribution is -2.52. The van der Waals surface area contributed by atoms with Crippen molar-refractivity contribution < 1.29 is 27.4 Å². The molecule has 0 aliphatic carbocycles.